The average Bonchev–Trinajstić information content (AvgIpc) is 2.51. The van der Waals surface area contributed by atoms with Gasteiger partial charge in [-0.15, -0.1) is 0 Å². The maximum absolute atomic E-state index is 12.4. The molecule has 134 valence electrons. The van der Waals surface area contributed by atoms with Crippen LogP contribution in [0.4, 0.5) is 13.2 Å². The lowest BCUT2D eigenvalue weighted by atomic mass is 10.0. The first-order valence-corrected chi connectivity index (χ1v) is 9.02. The Labute approximate surface area is 139 Å². The van der Waals surface area contributed by atoms with Crippen molar-refractivity contribution in [3.05, 3.63) is 35.4 Å². The van der Waals surface area contributed by atoms with Crippen molar-refractivity contribution < 1.29 is 30.5 Å². The van der Waals surface area contributed by atoms with E-state index in [0.717, 1.165) is 25.7 Å². The van der Waals surface area contributed by atoms with E-state index < -0.39 is 15.6 Å². The SMILES string of the molecule is C/C1=C\CCOc2ccc(OS(=O)(=O)C(F)(F)F)cc2CCCC1. The molecule has 0 atom stereocenters. The number of fused-ring (bicyclic) bond motifs is 1. The highest BCUT2D eigenvalue weighted by Gasteiger charge is 2.48. The molecule has 1 aromatic rings. The zero-order valence-electron chi connectivity index (χ0n) is 13.2. The Morgan fingerprint density at radius 3 is 2.58 bits per heavy atom. The van der Waals surface area contributed by atoms with Crippen molar-refractivity contribution in [3.63, 3.8) is 0 Å². The number of allylic oxidation sites excluding steroid dienone is 1. The van der Waals surface area contributed by atoms with Crippen LogP contribution in [0.2, 0.25) is 0 Å². The van der Waals surface area contributed by atoms with E-state index in [0.29, 0.717) is 24.3 Å². The Hall–Kier alpha value is -1.70. The molecule has 0 N–H and O–H groups in total. The fourth-order valence-corrected chi connectivity index (χ4v) is 2.86. The van der Waals surface area contributed by atoms with Crippen LogP contribution >= 0.6 is 0 Å². The minimum Gasteiger partial charge on any atom is -0.493 e. The summed E-state index contributed by atoms with van der Waals surface area (Å²) in [6.07, 6.45) is 6.13. The number of hydrogen-bond donors (Lipinski definition) is 0. The molecular formula is C16H19F3O4S. The predicted molar refractivity (Wildman–Crippen MR) is 83.5 cm³/mol. The largest absolute Gasteiger partial charge is 0.534 e. The normalized spacial score (nSPS) is 19.2. The highest BCUT2D eigenvalue weighted by Crippen LogP contribution is 2.31. The van der Waals surface area contributed by atoms with E-state index >= 15 is 0 Å². The summed E-state index contributed by atoms with van der Waals surface area (Å²) in [5.41, 5.74) is -3.53. The van der Waals surface area contributed by atoms with E-state index in [4.69, 9.17) is 4.74 Å². The minimum atomic E-state index is -5.67. The summed E-state index contributed by atoms with van der Waals surface area (Å²) >= 11 is 0. The van der Waals surface area contributed by atoms with Gasteiger partial charge in [0.1, 0.15) is 11.5 Å². The summed E-state index contributed by atoms with van der Waals surface area (Å²) < 4.78 is 69.3. The van der Waals surface area contributed by atoms with Gasteiger partial charge in [0, 0.05) is 0 Å². The lowest BCUT2D eigenvalue weighted by molar-refractivity contribution is -0.0500. The molecule has 4 nitrogen and oxygen atoms in total. The van der Waals surface area contributed by atoms with Crippen LogP contribution in [0.5, 0.6) is 11.5 Å². The molecular weight excluding hydrogens is 345 g/mol. The molecule has 0 amide bonds. The number of hydrogen-bond acceptors (Lipinski definition) is 4. The van der Waals surface area contributed by atoms with Crippen LogP contribution in [-0.2, 0) is 16.5 Å². The highest BCUT2D eigenvalue weighted by atomic mass is 32.2. The zero-order chi connectivity index (χ0) is 17.8. The summed E-state index contributed by atoms with van der Waals surface area (Å²) in [6.45, 7) is 2.50. The minimum absolute atomic E-state index is 0.362. The third kappa shape index (κ3) is 4.90. The molecule has 0 fully saturated rings. The summed E-state index contributed by atoms with van der Waals surface area (Å²) in [5, 5.41) is 0. The van der Waals surface area contributed by atoms with Crippen molar-refractivity contribution >= 4 is 10.1 Å². The molecule has 24 heavy (non-hydrogen) atoms. The fourth-order valence-electron chi connectivity index (χ4n) is 2.41. The summed E-state index contributed by atoms with van der Waals surface area (Å²) in [7, 11) is -5.67. The van der Waals surface area contributed by atoms with Gasteiger partial charge in [-0.1, -0.05) is 11.6 Å². The molecule has 0 radical (unpaired) electrons. The van der Waals surface area contributed by atoms with E-state index in [2.05, 4.69) is 17.2 Å². The number of rotatable bonds is 2. The molecule has 0 aromatic heterocycles. The van der Waals surface area contributed by atoms with Gasteiger partial charge in [-0.25, -0.2) is 0 Å². The first kappa shape index (κ1) is 18.6. The van der Waals surface area contributed by atoms with Gasteiger partial charge >= 0.3 is 15.6 Å². The van der Waals surface area contributed by atoms with Gasteiger partial charge in [-0.2, -0.15) is 21.6 Å². The number of aryl methyl sites for hydroxylation is 1. The van der Waals surface area contributed by atoms with Crippen LogP contribution in [0, 0.1) is 0 Å². The van der Waals surface area contributed by atoms with Crippen LogP contribution in [0.25, 0.3) is 0 Å². The first-order chi connectivity index (χ1) is 11.2. The van der Waals surface area contributed by atoms with Gasteiger partial charge in [0.15, 0.2) is 0 Å². The first-order valence-electron chi connectivity index (χ1n) is 7.61. The molecule has 2 rings (SSSR count). The molecule has 0 unspecified atom stereocenters. The van der Waals surface area contributed by atoms with Gasteiger partial charge in [0.05, 0.1) is 6.61 Å². The molecule has 1 heterocycles. The van der Waals surface area contributed by atoms with E-state index in [1.165, 1.54) is 23.8 Å². The lowest BCUT2D eigenvalue weighted by Crippen LogP contribution is -2.28. The third-order valence-corrected chi connectivity index (χ3v) is 4.64. The zero-order valence-corrected chi connectivity index (χ0v) is 14.0. The summed E-state index contributed by atoms with van der Waals surface area (Å²) in [4.78, 5) is 0. The quantitative estimate of drug-likeness (QED) is 0.445. The Morgan fingerprint density at radius 2 is 1.88 bits per heavy atom. The van der Waals surface area contributed by atoms with E-state index in [9.17, 15) is 21.6 Å². The monoisotopic (exact) mass is 364 g/mol. The molecule has 1 aromatic carbocycles. The lowest BCUT2D eigenvalue weighted by Gasteiger charge is -2.14. The molecule has 8 heteroatoms. The maximum Gasteiger partial charge on any atom is 0.534 e. The number of benzene rings is 1. The Bertz CT molecular complexity index is 709. The Balaban J connectivity index is 2.20. The topological polar surface area (TPSA) is 52.6 Å². The van der Waals surface area contributed by atoms with Gasteiger partial charge in [-0.3, -0.25) is 0 Å². The molecule has 0 saturated carbocycles. The van der Waals surface area contributed by atoms with Crippen molar-refractivity contribution in [2.75, 3.05) is 6.61 Å². The summed E-state index contributed by atoms with van der Waals surface area (Å²) in [5.74, 6) is 0.179. The molecule has 0 spiro atoms. The Kier molecular flexibility index (Phi) is 5.79. The third-order valence-electron chi connectivity index (χ3n) is 3.66. The van der Waals surface area contributed by atoms with E-state index in [-0.39, 0.29) is 5.75 Å². The van der Waals surface area contributed by atoms with Crippen LogP contribution in [0.15, 0.2) is 29.8 Å². The van der Waals surface area contributed by atoms with Gasteiger partial charge in [0.2, 0.25) is 0 Å². The maximum atomic E-state index is 12.4. The van der Waals surface area contributed by atoms with Gasteiger partial charge in [0.25, 0.3) is 0 Å². The molecule has 0 aliphatic carbocycles. The standard InChI is InChI=1S/C16H19F3O4S/c1-12-5-2-3-7-13-11-14(23-24(20,21)16(17,18)19)8-9-15(13)22-10-4-6-12/h6,8-9,11H,2-5,7,10H2,1H3/b12-6+. The number of alkyl halides is 3. The molecule has 1 aliphatic rings. The molecule has 0 saturated heterocycles. The van der Waals surface area contributed by atoms with Gasteiger partial charge < -0.3 is 8.92 Å². The highest BCUT2D eigenvalue weighted by molar-refractivity contribution is 7.88. The van der Waals surface area contributed by atoms with E-state index in [1.807, 2.05) is 0 Å². The second kappa shape index (κ2) is 7.46. The second-order valence-electron chi connectivity index (χ2n) is 5.65. The molecule has 0 bridgehead atoms. The van der Waals surface area contributed by atoms with Crippen LogP contribution in [0.1, 0.15) is 38.2 Å². The number of ether oxygens (including phenoxy) is 1. The predicted octanol–water partition coefficient (Wildman–Crippen LogP) is 4.36. The molecule has 1 aliphatic heterocycles. The average molecular weight is 364 g/mol. The summed E-state index contributed by atoms with van der Waals surface area (Å²) in [6, 6.07) is 3.92. The van der Waals surface area contributed by atoms with Crippen LogP contribution in [0.3, 0.4) is 0 Å². The van der Waals surface area contributed by atoms with Crippen molar-refractivity contribution in [1.29, 1.82) is 0 Å². The van der Waals surface area contributed by atoms with Crippen LogP contribution < -0.4 is 8.92 Å². The smallest absolute Gasteiger partial charge is 0.493 e. The van der Waals surface area contributed by atoms with Gasteiger partial charge in [-0.05, 0) is 62.8 Å². The number of halogens is 3. The fraction of sp³-hybridized carbons (Fsp3) is 0.500. The van der Waals surface area contributed by atoms with Crippen LogP contribution in [-0.4, -0.2) is 20.5 Å². The Morgan fingerprint density at radius 1 is 1.17 bits per heavy atom. The van der Waals surface area contributed by atoms with E-state index in [1.54, 1.807) is 0 Å². The van der Waals surface area contributed by atoms with Crippen molar-refractivity contribution in [2.24, 2.45) is 0 Å². The van der Waals surface area contributed by atoms with Crippen molar-refractivity contribution in [2.45, 2.75) is 44.5 Å². The van der Waals surface area contributed by atoms with Crippen molar-refractivity contribution in [3.8, 4) is 11.5 Å². The second-order valence-corrected chi connectivity index (χ2v) is 7.19. The van der Waals surface area contributed by atoms with Crippen molar-refractivity contribution in [1.82, 2.24) is 0 Å².